The van der Waals surface area contributed by atoms with Crippen molar-refractivity contribution in [1.82, 2.24) is 15.5 Å². The predicted molar refractivity (Wildman–Crippen MR) is 62.8 cm³/mol. The number of amides is 1. The maximum Gasteiger partial charge on any atom is 0.271 e. The van der Waals surface area contributed by atoms with E-state index >= 15 is 0 Å². The number of ether oxygens (including phenoxy) is 1. The van der Waals surface area contributed by atoms with Crippen LogP contribution in [0.5, 0.6) is 0 Å². The van der Waals surface area contributed by atoms with Crippen molar-refractivity contribution in [1.29, 1.82) is 0 Å². The number of aromatic nitrogens is 2. The van der Waals surface area contributed by atoms with Crippen molar-refractivity contribution < 1.29 is 9.53 Å². The number of hydrogen-bond donors (Lipinski definition) is 2. The fourth-order valence-electron chi connectivity index (χ4n) is 1.67. The van der Waals surface area contributed by atoms with Crippen molar-refractivity contribution in [3.63, 3.8) is 0 Å². The van der Waals surface area contributed by atoms with Gasteiger partial charge < -0.3 is 15.4 Å². The Balaban J connectivity index is 1.87. The first-order valence-electron chi connectivity index (χ1n) is 5.67. The highest BCUT2D eigenvalue weighted by molar-refractivity contribution is 5.91. The second-order valence-electron chi connectivity index (χ2n) is 3.99. The van der Waals surface area contributed by atoms with Gasteiger partial charge >= 0.3 is 0 Å². The summed E-state index contributed by atoms with van der Waals surface area (Å²) in [5.41, 5.74) is 0.322. The molecule has 1 aliphatic rings. The fraction of sp³-hybridized carbons (Fsp3) is 0.545. The van der Waals surface area contributed by atoms with Crippen LogP contribution in [0.15, 0.2) is 12.1 Å². The van der Waals surface area contributed by atoms with Gasteiger partial charge in [0.05, 0.1) is 6.61 Å². The molecule has 1 aromatic heterocycles. The van der Waals surface area contributed by atoms with E-state index < -0.39 is 0 Å². The summed E-state index contributed by atoms with van der Waals surface area (Å²) in [6.07, 6.45) is 1.08. The van der Waals surface area contributed by atoms with Crippen LogP contribution in [0.1, 0.15) is 16.9 Å². The van der Waals surface area contributed by atoms with Gasteiger partial charge in [0, 0.05) is 26.1 Å². The molecule has 0 bridgehead atoms. The van der Waals surface area contributed by atoms with Gasteiger partial charge in [-0.25, -0.2) is 0 Å². The van der Waals surface area contributed by atoms with Crippen LogP contribution in [-0.2, 0) is 4.74 Å². The van der Waals surface area contributed by atoms with Gasteiger partial charge in [0.25, 0.3) is 5.91 Å². The summed E-state index contributed by atoms with van der Waals surface area (Å²) in [6.45, 7) is 2.47. The van der Waals surface area contributed by atoms with Gasteiger partial charge in [-0.15, -0.1) is 10.2 Å². The Labute approximate surface area is 99.8 Å². The van der Waals surface area contributed by atoms with E-state index in [4.69, 9.17) is 4.74 Å². The van der Waals surface area contributed by atoms with Crippen molar-refractivity contribution >= 4 is 11.7 Å². The topological polar surface area (TPSA) is 76.1 Å². The van der Waals surface area contributed by atoms with E-state index in [0.29, 0.717) is 17.4 Å². The number of nitrogens with zero attached hydrogens (tertiary/aromatic N) is 2. The lowest BCUT2D eigenvalue weighted by molar-refractivity contribution is 0.0957. The Bertz CT molecular complexity index is 374. The van der Waals surface area contributed by atoms with E-state index in [1.165, 1.54) is 0 Å². The minimum absolute atomic E-state index is 0.228. The Hall–Kier alpha value is -1.69. The number of hydrogen-bond acceptors (Lipinski definition) is 5. The van der Waals surface area contributed by atoms with Crippen molar-refractivity contribution in [2.24, 2.45) is 5.92 Å². The van der Waals surface area contributed by atoms with Crippen LogP contribution < -0.4 is 10.6 Å². The molecule has 1 unspecified atom stereocenters. The first-order chi connectivity index (χ1) is 8.29. The molecular formula is C11H16N4O2. The van der Waals surface area contributed by atoms with Crippen LogP contribution in [0.3, 0.4) is 0 Å². The molecule has 0 radical (unpaired) electrons. The third kappa shape index (κ3) is 3.13. The van der Waals surface area contributed by atoms with Gasteiger partial charge in [-0.2, -0.15) is 0 Å². The molecule has 92 valence electrons. The lowest BCUT2D eigenvalue weighted by atomic mass is 10.1. The molecule has 1 aliphatic heterocycles. The Morgan fingerprint density at radius 3 is 3.00 bits per heavy atom. The number of carbonyl (C=O) groups excluding carboxylic acids is 1. The third-order valence-electron chi connectivity index (χ3n) is 2.72. The van der Waals surface area contributed by atoms with Gasteiger partial charge in [-0.3, -0.25) is 4.79 Å². The van der Waals surface area contributed by atoms with Gasteiger partial charge in [0.2, 0.25) is 0 Å². The molecule has 0 aromatic carbocycles. The van der Waals surface area contributed by atoms with Gasteiger partial charge in [-0.1, -0.05) is 0 Å². The Kier molecular flexibility index (Phi) is 3.87. The average Bonchev–Trinajstić information content (AvgIpc) is 2.89. The van der Waals surface area contributed by atoms with Crippen molar-refractivity contribution in [3.05, 3.63) is 17.8 Å². The molecule has 17 heavy (non-hydrogen) atoms. The zero-order valence-electron chi connectivity index (χ0n) is 9.77. The molecule has 0 spiro atoms. The quantitative estimate of drug-likeness (QED) is 0.785. The van der Waals surface area contributed by atoms with Gasteiger partial charge in [-0.05, 0) is 18.6 Å². The third-order valence-corrected chi connectivity index (χ3v) is 2.72. The van der Waals surface area contributed by atoms with Crippen molar-refractivity contribution in [3.8, 4) is 0 Å². The van der Waals surface area contributed by atoms with E-state index in [9.17, 15) is 4.79 Å². The summed E-state index contributed by atoms with van der Waals surface area (Å²) in [5.74, 6) is 0.994. The summed E-state index contributed by atoms with van der Waals surface area (Å²) >= 11 is 0. The molecule has 1 fully saturated rings. The summed E-state index contributed by atoms with van der Waals surface area (Å²) < 4.78 is 5.28. The van der Waals surface area contributed by atoms with Crippen LogP contribution >= 0.6 is 0 Å². The maximum absolute atomic E-state index is 11.2. The normalized spacial score (nSPS) is 19.0. The molecule has 2 heterocycles. The van der Waals surface area contributed by atoms with Crippen LogP contribution in [-0.4, -0.2) is 42.9 Å². The SMILES string of the molecule is CNC(=O)c1ccc(NCC2CCOC2)nn1. The molecule has 6 heteroatoms. The maximum atomic E-state index is 11.2. The van der Waals surface area contributed by atoms with Gasteiger partial charge in [0.15, 0.2) is 5.69 Å². The molecule has 0 aliphatic carbocycles. The van der Waals surface area contributed by atoms with E-state index in [1.54, 1.807) is 19.2 Å². The first kappa shape index (κ1) is 11.8. The minimum atomic E-state index is -0.228. The highest BCUT2D eigenvalue weighted by Gasteiger charge is 2.15. The fourth-order valence-corrected chi connectivity index (χ4v) is 1.67. The Morgan fingerprint density at radius 2 is 2.41 bits per heavy atom. The molecule has 1 saturated heterocycles. The van der Waals surface area contributed by atoms with E-state index in [1.807, 2.05) is 0 Å². The second kappa shape index (κ2) is 5.58. The summed E-state index contributed by atoms with van der Waals surface area (Å²) in [4.78, 5) is 11.2. The lowest BCUT2D eigenvalue weighted by Gasteiger charge is -2.09. The number of anilines is 1. The van der Waals surface area contributed by atoms with E-state index in [0.717, 1.165) is 26.2 Å². The first-order valence-corrected chi connectivity index (χ1v) is 5.67. The molecule has 1 atom stereocenters. The molecule has 1 amide bonds. The molecular weight excluding hydrogens is 220 g/mol. The highest BCUT2D eigenvalue weighted by atomic mass is 16.5. The minimum Gasteiger partial charge on any atom is -0.381 e. The zero-order chi connectivity index (χ0) is 12.1. The molecule has 2 rings (SSSR count). The average molecular weight is 236 g/mol. The largest absolute Gasteiger partial charge is 0.381 e. The standard InChI is InChI=1S/C11H16N4O2/c1-12-11(16)9-2-3-10(15-14-9)13-6-8-4-5-17-7-8/h2-3,8H,4-7H2,1H3,(H,12,16)(H,13,15). The number of nitrogens with one attached hydrogen (secondary N) is 2. The number of carbonyl (C=O) groups is 1. The monoisotopic (exact) mass is 236 g/mol. The van der Waals surface area contributed by atoms with Crippen LogP contribution in [0.25, 0.3) is 0 Å². The van der Waals surface area contributed by atoms with E-state index in [2.05, 4.69) is 20.8 Å². The second-order valence-corrected chi connectivity index (χ2v) is 3.99. The molecule has 0 saturated carbocycles. The Morgan fingerprint density at radius 1 is 1.53 bits per heavy atom. The zero-order valence-corrected chi connectivity index (χ0v) is 9.77. The summed E-state index contributed by atoms with van der Waals surface area (Å²) in [5, 5.41) is 13.5. The lowest BCUT2D eigenvalue weighted by Crippen LogP contribution is -2.20. The van der Waals surface area contributed by atoms with Gasteiger partial charge in [0.1, 0.15) is 5.82 Å². The van der Waals surface area contributed by atoms with Crippen LogP contribution in [0, 0.1) is 5.92 Å². The highest BCUT2D eigenvalue weighted by Crippen LogP contribution is 2.13. The summed E-state index contributed by atoms with van der Waals surface area (Å²) in [6, 6.07) is 3.41. The smallest absolute Gasteiger partial charge is 0.271 e. The van der Waals surface area contributed by atoms with Crippen molar-refractivity contribution in [2.45, 2.75) is 6.42 Å². The van der Waals surface area contributed by atoms with Crippen LogP contribution in [0.4, 0.5) is 5.82 Å². The predicted octanol–water partition coefficient (Wildman–Crippen LogP) is 0.285. The number of rotatable bonds is 4. The molecule has 6 nitrogen and oxygen atoms in total. The molecule has 1 aromatic rings. The van der Waals surface area contributed by atoms with Crippen molar-refractivity contribution in [2.75, 3.05) is 32.1 Å². The summed E-state index contributed by atoms with van der Waals surface area (Å²) in [7, 11) is 1.57. The van der Waals surface area contributed by atoms with Crippen LogP contribution in [0.2, 0.25) is 0 Å². The molecule has 2 N–H and O–H groups in total. The van der Waals surface area contributed by atoms with E-state index in [-0.39, 0.29) is 5.91 Å².